The van der Waals surface area contributed by atoms with E-state index in [0.717, 1.165) is 38.9 Å². The topological polar surface area (TPSA) is 32.3 Å². The molecular weight excluding hydrogens is 188 g/mol. The maximum absolute atomic E-state index is 11.8. The molecule has 1 fully saturated rings. The van der Waals surface area contributed by atoms with Crippen molar-refractivity contribution in [3.05, 3.63) is 0 Å². The van der Waals surface area contributed by atoms with Crippen molar-refractivity contribution in [3.8, 4) is 0 Å². The van der Waals surface area contributed by atoms with Crippen molar-refractivity contribution in [3.63, 3.8) is 0 Å². The zero-order valence-electron chi connectivity index (χ0n) is 10.1. The van der Waals surface area contributed by atoms with Crippen LogP contribution in [0, 0.1) is 0 Å². The fraction of sp³-hybridized carbons (Fsp3) is 0.917. The first kappa shape index (κ1) is 12.5. The molecule has 1 aliphatic rings. The smallest absolute Gasteiger partial charge is 0.222 e. The number of amides is 1. The lowest BCUT2D eigenvalue weighted by Gasteiger charge is -2.24. The van der Waals surface area contributed by atoms with Gasteiger partial charge in [0.15, 0.2) is 0 Å². The first-order valence-corrected chi connectivity index (χ1v) is 6.29. The third-order valence-corrected chi connectivity index (χ3v) is 3.08. The molecule has 1 atom stereocenters. The molecule has 1 N–H and O–H groups in total. The molecule has 0 saturated carbocycles. The minimum Gasteiger partial charge on any atom is -0.341 e. The van der Waals surface area contributed by atoms with Gasteiger partial charge in [0.25, 0.3) is 0 Å². The fourth-order valence-corrected chi connectivity index (χ4v) is 2.07. The van der Waals surface area contributed by atoms with Gasteiger partial charge in [0.2, 0.25) is 5.91 Å². The summed E-state index contributed by atoms with van der Waals surface area (Å²) in [5, 5.41) is 3.44. The van der Waals surface area contributed by atoms with Crippen LogP contribution >= 0.6 is 0 Å². The fourth-order valence-electron chi connectivity index (χ4n) is 2.07. The Morgan fingerprint density at radius 1 is 1.47 bits per heavy atom. The molecule has 0 bridgehead atoms. The van der Waals surface area contributed by atoms with Gasteiger partial charge in [0.1, 0.15) is 0 Å². The molecule has 1 rings (SSSR count). The van der Waals surface area contributed by atoms with Crippen molar-refractivity contribution < 1.29 is 4.79 Å². The van der Waals surface area contributed by atoms with Crippen LogP contribution in [0.25, 0.3) is 0 Å². The van der Waals surface area contributed by atoms with Crippen molar-refractivity contribution in [2.24, 2.45) is 0 Å². The van der Waals surface area contributed by atoms with E-state index in [9.17, 15) is 4.79 Å². The zero-order chi connectivity index (χ0) is 11.1. The van der Waals surface area contributed by atoms with Crippen LogP contribution < -0.4 is 5.32 Å². The molecule has 88 valence electrons. The van der Waals surface area contributed by atoms with Crippen LogP contribution in [0.2, 0.25) is 0 Å². The van der Waals surface area contributed by atoms with Gasteiger partial charge < -0.3 is 10.2 Å². The van der Waals surface area contributed by atoms with Gasteiger partial charge >= 0.3 is 0 Å². The standard InChI is InChI=1S/C12H24N2O/c1-3-5-8-12(15)14(4-2)10-11-7-6-9-13-11/h11,13H,3-10H2,1-2H3. The molecule has 1 unspecified atom stereocenters. The molecule has 1 aliphatic heterocycles. The van der Waals surface area contributed by atoms with Gasteiger partial charge in [-0.15, -0.1) is 0 Å². The van der Waals surface area contributed by atoms with Crippen molar-refractivity contribution in [2.45, 2.75) is 52.0 Å². The van der Waals surface area contributed by atoms with Gasteiger partial charge in [-0.25, -0.2) is 0 Å². The maximum Gasteiger partial charge on any atom is 0.222 e. The molecule has 0 radical (unpaired) electrons. The Kier molecular flexibility index (Phi) is 5.69. The van der Waals surface area contributed by atoms with Crippen LogP contribution in [0.15, 0.2) is 0 Å². The van der Waals surface area contributed by atoms with E-state index < -0.39 is 0 Å². The molecule has 15 heavy (non-hydrogen) atoms. The number of hydrogen-bond acceptors (Lipinski definition) is 2. The number of unbranched alkanes of at least 4 members (excludes halogenated alkanes) is 1. The number of nitrogens with zero attached hydrogens (tertiary/aromatic N) is 1. The quantitative estimate of drug-likeness (QED) is 0.728. The lowest BCUT2D eigenvalue weighted by atomic mass is 10.2. The Hall–Kier alpha value is -0.570. The molecule has 0 aliphatic carbocycles. The van der Waals surface area contributed by atoms with Crippen LogP contribution in [0.1, 0.15) is 46.0 Å². The molecular formula is C12H24N2O. The highest BCUT2D eigenvalue weighted by atomic mass is 16.2. The Morgan fingerprint density at radius 2 is 2.27 bits per heavy atom. The highest BCUT2D eigenvalue weighted by Gasteiger charge is 2.19. The van der Waals surface area contributed by atoms with Crippen LogP contribution in [0.3, 0.4) is 0 Å². The molecule has 0 aromatic heterocycles. The van der Waals surface area contributed by atoms with Crippen molar-refractivity contribution in [1.82, 2.24) is 10.2 Å². The second-order valence-electron chi connectivity index (χ2n) is 4.33. The maximum atomic E-state index is 11.8. The molecule has 1 saturated heterocycles. The number of likely N-dealkylation sites (N-methyl/N-ethyl adjacent to an activating group) is 1. The van der Waals surface area contributed by atoms with E-state index >= 15 is 0 Å². The highest BCUT2D eigenvalue weighted by molar-refractivity contribution is 5.76. The summed E-state index contributed by atoms with van der Waals surface area (Å²) in [6.07, 6.45) is 5.32. The van der Waals surface area contributed by atoms with Crippen LogP contribution in [0.4, 0.5) is 0 Å². The zero-order valence-corrected chi connectivity index (χ0v) is 10.1. The molecule has 0 aromatic carbocycles. The van der Waals surface area contributed by atoms with Gasteiger partial charge in [-0.05, 0) is 32.7 Å². The summed E-state index contributed by atoms with van der Waals surface area (Å²) in [7, 11) is 0. The van der Waals surface area contributed by atoms with Gasteiger partial charge in [-0.2, -0.15) is 0 Å². The number of hydrogen-bond donors (Lipinski definition) is 1. The van der Waals surface area contributed by atoms with Crippen molar-refractivity contribution in [1.29, 1.82) is 0 Å². The van der Waals surface area contributed by atoms with E-state index in [1.807, 2.05) is 4.90 Å². The van der Waals surface area contributed by atoms with E-state index in [1.54, 1.807) is 0 Å². The van der Waals surface area contributed by atoms with Crippen molar-refractivity contribution >= 4 is 5.91 Å². The second kappa shape index (κ2) is 6.83. The summed E-state index contributed by atoms with van der Waals surface area (Å²) in [5.41, 5.74) is 0. The minimum absolute atomic E-state index is 0.327. The predicted molar refractivity (Wildman–Crippen MR) is 62.8 cm³/mol. The average molecular weight is 212 g/mol. The Bertz CT molecular complexity index is 188. The Balaban J connectivity index is 2.29. The summed E-state index contributed by atoms with van der Waals surface area (Å²) in [6.45, 7) is 7.06. The normalized spacial score (nSPS) is 20.5. The van der Waals surface area contributed by atoms with Crippen LogP contribution in [-0.4, -0.2) is 36.5 Å². The number of carbonyl (C=O) groups is 1. The Morgan fingerprint density at radius 3 is 2.80 bits per heavy atom. The largest absolute Gasteiger partial charge is 0.341 e. The number of nitrogens with one attached hydrogen (secondary N) is 1. The van der Waals surface area contributed by atoms with E-state index in [0.29, 0.717) is 11.9 Å². The summed E-state index contributed by atoms with van der Waals surface area (Å²) < 4.78 is 0. The number of carbonyl (C=O) groups excluding carboxylic acids is 1. The summed E-state index contributed by atoms with van der Waals surface area (Å²) >= 11 is 0. The summed E-state index contributed by atoms with van der Waals surface area (Å²) in [5.74, 6) is 0.327. The van der Waals surface area contributed by atoms with Gasteiger partial charge in [-0.3, -0.25) is 4.79 Å². The molecule has 0 aromatic rings. The lowest BCUT2D eigenvalue weighted by molar-refractivity contribution is -0.131. The second-order valence-corrected chi connectivity index (χ2v) is 4.33. The molecule has 1 amide bonds. The molecule has 3 nitrogen and oxygen atoms in total. The third kappa shape index (κ3) is 4.20. The van der Waals surface area contributed by atoms with Gasteiger partial charge in [-0.1, -0.05) is 13.3 Å². The van der Waals surface area contributed by atoms with E-state index in [4.69, 9.17) is 0 Å². The molecule has 1 heterocycles. The predicted octanol–water partition coefficient (Wildman–Crippen LogP) is 1.78. The lowest BCUT2D eigenvalue weighted by Crippen LogP contribution is -2.40. The SMILES string of the molecule is CCCCC(=O)N(CC)CC1CCCN1. The number of rotatable bonds is 6. The van der Waals surface area contributed by atoms with E-state index in [1.165, 1.54) is 12.8 Å². The van der Waals surface area contributed by atoms with Crippen LogP contribution in [0.5, 0.6) is 0 Å². The highest BCUT2D eigenvalue weighted by Crippen LogP contribution is 2.08. The third-order valence-electron chi connectivity index (χ3n) is 3.08. The van der Waals surface area contributed by atoms with Crippen molar-refractivity contribution in [2.75, 3.05) is 19.6 Å². The van der Waals surface area contributed by atoms with E-state index in [-0.39, 0.29) is 0 Å². The first-order valence-electron chi connectivity index (χ1n) is 6.29. The van der Waals surface area contributed by atoms with Gasteiger partial charge in [0, 0.05) is 25.6 Å². The minimum atomic E-state index is 0.327. The average Bonchev–Trinajstić information content (AvgIpc) is 2.75. The van der Waals surface area contributed by atoms with E-state index in [2.05, 4.69) is 19.2 Å². The summed E-state index contributed by atoms with van der Waals surface area (Å²) in [6, 6.07) is 0.538. The van der Waals surface area contributed by atoms with Crippen LogP contribution in [-0.2, 0) is 4.79 Å². The monoisotopic (exact) mass is 212 g/mol. The first-order chi connectivity index (χ1) is 7.27. The summed E-state index contributed by atoms with van der Waals surface area (Å²) in [4.78, 5) is 13.8. The Labute approximate surface area is 93.2 Å². The molecule has 3 heteroatoms. The van der Waals surface area contributed by atoms with Gasteiger partial charge in [0.05, 0.1) is 0 Å². The molecule has 0 spiro atoms.